The van der Waals surface area contributed by atoms with Gasteiger partial charge < -0.3 is 9.26 Å². The molecule has 5 nitrogen and oxygen atoms in total. The van der Waals surface area contributed by atoms with Gasteiger partial charge in [0.1, 0.15) is 11.9 Å². The second-order valence-electron chi connectivity index (χ2n) is 5.95. The van der Waals surface area contributed by atoms with Crippen molar-refractivity contribution >= 4 is 0 Å². The number of hydrogen-bond donors (Lipinski definition) is 0. The lowest BCUT2D eigenvalue weighted by molar-refractivity contribution is -0.137. The van der Waals surface area contributed by atoms with Crippen molar-refractivity contribution in [3.8, 4) is 5.88 Å². The van der Waals surface area contributed by atoms with Gasteiger partial charge in [0, 0.05) is 37.5 Å². The Morgan fingerprint density at radius 3 is 2.71 bits per heavy atom. The van der Waals surface area contributed by atoms with E-state index in [1.165, 1.54) is 6.07 Å². The van der Waals surface area contributed by atoms with E-state index in [1.54, 1.807) is 0 Å². The molecule has 0 unspecified atom stereocenters. The standard InChI is InChI=1S/C16H18F3N3O2/c1-10-14(11(2)24-21-10)9-22-6-5-13(8-22)23-15-4-3-12(7-20-15)16(17,18)19/h3-4,7,13H,5-6,8-9H2,1-2H3/t13-/m1/s1. The van der Waals surface area contributed by atoms with Gasteiger partial charge in [-0.2, -0.15) is 13.2 Å². The van der Waals surface area contributed by atoms with E-state index in [0.717, 1.165) is 48.8 Å². The summed E-state index contributed by atoms with van der Waals surface area (Å²) in [4.78, 5) is 5.96. The molecule has 0 aliphatic carbocycles. The van der Waals surface area contributed by atoms with Crippen molar-refractivity contribution in [2.75, 3.05) is 13.1 Å². The average Bonchev–Trinajstić information content (AvgIpc) is 3.09. The summed E-state index contributed by atoms with van der Waals surface area (Å²) in [5.41, 5.74) is 1.17. The fourth-order valence-electron chi connectivity index (χ4n) is 2.78. The number of likely N-dealkylation sites (tertiary alicyclic amines) is 1. The molecule has 3 heterocycles. The van der Waals surface area contributed by atoms with E-state index in [4.69, 9.17) is 9.26 Å². The van der Waals surface area contributed by atoms with Gasteiger partial charge in [-0.05, 0) is 26.3 Å². The maximum atomic E-state index is 12.5. The van der Waals surface area contributed by atoms with Crippen LogP contribution in [0.1, 0.15) is 29.0 Å². The molecule has 0 aromatic carbocycles. The van der Waals surface area contributed by atoms with E-state index in [0.29, 0.717) is 6.54 Å². The van der Waals surface area contributed by atoms with Crippen molar-refractivity contribution in [1.82, 2.24) is 15.0 Å². The summed E-state index contributed by atoms with van der Waals surface area (Å²) in [5.74, 6) is 1.02. The average molecular weight is 341 g/mol. The maximum absolute atomic E-state index is 12.5. The van der Waals surface area contributed by atoms with Crippen LogP contribution in [0.5, 0.6) is 5.88 Å². The maximum Gasteiger partial charge on any atom is 0.417 e. The largest absolute Gasteiger partial charge is 0.473 e. The van der Waals surface area contributed by atoms with Gasteiger partial charge in [-0.25, -0.2) is 4.98 Å². The fraction of sp³-hybridized carbons (Fsp3) is 0.500. The minimum Gasteiger partial charge on any atom is -0.473 e. The Morgan fingerprint density at radius 2 is 2.12 bits per heavy atom. The lowest BCUT2D eigenvalue weighted by Crippen LogP contribution is -2.25. The Bertz CT molecular complexity index is 678. The molecule has 2 aromatic heterocycles. The molecule has 0 radical (unpaired) electrons. The van der Waals surface area contributed by atoms with E-state index < -0.39 is 11.7 Å². The molecule has 3 rings (SSSR count). The van der Waals surface area contributed by atoms with Gasteiger partial charge >= 0.3 is 6.18 Å². The number of aryl methyl sites for hydroxylation is 2. The van der Waals surface area contributed by atoms with Crippen LogP contribution in [0.25, 0.3) is 0 Å². The van der Waals surface area contributed by atoms with Crippen molar-refractivity contribution in [2.24, 2.45) is 0 Å². The SMILES string of the molecule is Cc1noc(C)c1CN1CC[C@@H](Oc2ccc(C(F)(F)F)cn2)C1. The van der Waals surface area contributed by atoms with E-state index in [2.05, 4.69) is 15.0 Å². The van der Waals surface area contributed by atoms with Crippen molar-refractivity contribution in [2.45, 2.75) is 39.1 Å². The predicted octanol–water partition coefficient (Wildman–Crippen LogP) is 3.36. The van der Waals surface area contributed by atoms with Crippen LogP contribution >= 0.6 is 0 Å². The Balaban J connectivity index is 1.56. The first kappa shape index (κ1) is 16.8. The zero-order valence-corrected chi connectivity index (χ0v) is 13.4. The second-order valence-corrected chi connectivity index (χ2v) is 5.95. The summed E-state index contributed by atoms with van der Waals surface area (Å²) in [7, 11) is 0. The lowest BCUT2D eigenvalue weighted by atomic mass is 10.2. The summed E-state index contributed by atoms with van der Waals surface area (Å²) >= 11 is 0. The molecular formula is C16H18F3N3O2. The summed E-state index contributed by atoms with van der Waals surface area (Å²) in [6.45, 7) is 6.04. The van der Waals surface area contributed by atoms with Gasteiger partial charge in [-0.3, -0.25) is 4.90 Å². The van der Waals surface area contributed by atoms with Crippen LogP contribution < -0.4 is 4.74 Å². The molecular weight excluding hydrogens is 323 g/mol. The highest BCUT2D eigenvalue weighted by molar-refractivity contribution is 5.21. The highest BCUT2D eigenvalue weighted by Crippen LogP contribution is 2.29. The van der Waals surface area contributed by atoms with Crippen LogP contribution in [0, 0.1) is 13.8 Å². The first-order chi connectivity index (χ1) is 11.3. The van der Waals surface area contributed by atoms with E-state index in [1.807, 2.05) is 13.8 Å². The number of hydrogen-bond acceptors (Lipinski definition) is 5. The van der Waals surface area contributed by atoms with Gasteiger partial charge in [0.15, 0.2) is 0 Å². The molecule has 1 fully saturated rings. The van der Waals surface area contributed by atoms with Gasteiger partial charge in [-0.1, -0.05) is 5.16 Å². The van der Waals surface area contributed by atoms with Gasteiger partial charge in [0.25, 0.3) is 0 Å². The smallest absolute Gasteiger partial charge is 0.417 e. The van der Waals surface area contributed by atoms with Crippen molar-refractivity contribution in [1.29, 1.82) is 0 Å². The second kappa shape index (κ2) is 6.43. The molecule has 0 spiro atoms. The quantitative estimate of drug-likeness (QED) is 0.853. The fourth-order valence-corrected chi connectivity index (χ4v) is 2.78. The summed E-state index contributed by atoms with van der Waals surface area (Å²) < 4.78 is 48.4. The number of alkyl halides is 3. The van der Waals surface area contributed by atoms with Crippen LogP contribution in [-0.2, 0) is 12.7 Å². The van der Waals surface area contributed by atoms with Crippen LogP contribution in [0.3, 0.4) is 0 Å². The van der Waals surface area contributed by atoms with Crippen molar-refractivity contribution < 1.29 is 22.4 Å². The van der Waals surface area contributed by atoms with Gasteiger partial charge in [-0.15, -0.1) is 0 Å². The normalized spacial score (nSPS) is 19.0. The highest BCUT2D eigenvalue weighted by Gasteiger charge is 2.31. The Kier molecular flexibility index (Phi) is 4.49. The molecule has 1 aliphatic heterocycles. The molecule has 130 valence electrons. The first-order valence-electron chi connectivity index (χ1n) is 7.67. The molecule has 0 amide bonds. The van der Waals surface area contributed by atoms with Crippen molar-refractivity contribution in [3.05, 3.63) is 40.9 Å². The minimum atomic E-state index is -4.38. The van der Waals surface area contributed by atoms with E-state index >= 15 is 0 Å². The predicted molar refractivity (Wildman–Crippen MR) is 79.5 cm³/mol. The van der Waals surface area contributed by atoms with Gasteiger partial charge in [0.05, 0.1) is 11.3 Å². The molecule has 0 N–H and O–H groups in total. The van der Waals surface area contributed by atoms with E-state index in [-0.39, 0.29) is 12.0 Å². The zero-order valence-electron chi connectivity index (χ0n) is 13.4. The van der Waals surface area contributed by atoms with Crippen LogP contribution in [0.15, 0.2) is 22.9 Å². The first-order valence-corrected chi connectivity index (χ1v) is 7.67. The van der Waals surface area contributed by atoms with Crippen molar-refractivity contribution in [3.63, 3.8) is 0 Å². The Morgan fingerprint density at radius 1 is 1.33 bits per heavy atom. The van der Waals surface area contributed by atoms with Gasteiger partial charge in [0.2, 0.25) is 5.88 Å². The van der Waals surface area contributed by atoms with Crippen LogP contribution in [-0.4, -0.2) is 34.2 Å². The third kappa shape index (κ3) is 3.69. The topological polar surface area (TPSA) is 51.4 Å². The van der Waals surface area contributed by atoms with Crippen LogP contribution in [0.2, 0.25) is 0 Å². The zero-order chi connectivity index (χ0) is 17.3. The number of rotatable bonds is 4. The minimum absolute atomic E-state index is 0.0882. The Labute approximate surface area is 137 Å². The highest BCUT2D eigenvalue weighted by atomic mass is 19.4. The number of ether oxygens (including phenoxy) is 1. The Hall–Kier alpha value is -2.09. The summed E-state index contributed by atoms with van der Waals surface area (Å²) in [6.07, 6.45) is -2.88. The number of nitrogens with zero attached hydrogens (tertiary/aromatic N) is 3. The number of pyridine rings is 1. The molecule has 24 heavy (non-hydrogen) atoms. The van der Waals surface area contributed by atoms with E-state index in [9.17, 15) is 13.2 Å². The molecule has 1 aliphatic rings. The molecule has 2 aromatic rings. The monoisotopic (exact) mass is 341 g/mol. The molecule has 8 heteroatoms. The summed E-state index contributed by atoms with van der Waals surface area (Å²) in [6, 6.07) is 2.25. The molecule has 0 saturated carbocycles. The third-order valence-corrected chi connectivity index (χ3v) is 4.14. The summed E-state index contributed by atoms with van der Waals surface area (Å²) in [5, 5.41) is 3.94. The number of aromatic nitrogens is 2. The van der Waals surface area contributed by atoms with Crippen LogP contribution in [0.4, 0.5) is 13.2 Å². The third-order valence-electron chi connectivity index (χ3n) is 4.14. The molecule has 0 bridgehead atoms. The number of halogens is 3. The molecule has 1 saturated heterocycles. The molecule has 1 atom stereocenters. The lowest BCUT2D eigenvalue weighted by Gasteiger charge is -2.16.